The first-order valence-corrected chi connectivity index (χ1v) is 42.6. The summed E-state index contributed by atoms with van der Waals surface area (Å²) in [5.41, 5.74) is 1.25. The number of hydrogen-bond donors (Lipinski definition) is 3. The van der Waals surface area contributed by atoms with E-state index in [9.17, 15) is 0 Å². The van der Waals surface area contributed by atoms with Crippen LogP contribution in [0.4, 0.5) is 0 Å². The maximum absolute atomic E-state index is 5.24. The summed E-state index contributed by atoms with van der Waals surface area (Å²) in [6, 6.07) is 11.6. The van der Waals surface area contributed by atoms with Crippen molar-refractivity contribution in [1.29, 1.82) is 0 Å². The van der Waals surface area contributed by atoms with Gasteiger partial charge in [-0.15, -0.1) is 11.8 Å². The molecule has 3 fully saturated rings. The van der Waals surface area contributed by atoms with Crippen molar-refractivity contribution in [2.75, 3.05) is 74.0 Å². The molecule has 7 aliphatic heterocycles. The third-order valence-electron chi connectivity index (χ3n) is 10.5. The van der Waals surface area contributed by atoms with Crippen molar-refractivity contribution in [1.82, 2.24) is 20.4 Å². The summed E-state index contributed by atoms with van der Waals surface area (Å²) in [5.74, 6) is 9.91. The van der Waals surface area contributed by atoms with Gasteiger partial charge in [0.25, 0.3) is 0 Å². The lowest BCUT2D eigenvalue weighted by molar-refractivity contribution is -0.0334. The number of fused-ring (bicyclic) bond motifs is 5. The van der Waals surface area contributed by atoms with Gasteiger partial charge in [0.15, 0.2) is 0 Å². The summed E-state index contributed by atoms with van der Waals surface area (Å²) in [6.45, 7) is 69.5. The number of nitrogens with zero attached hydrogens (tertiary/aromatic N) is 2. The lowest BCUT2D eigenvalue weighted by Crippen LogP contribution is -2.29. The van der Waals surface area contributed by atoms with Crippen LogP contribution >= 0.6 is 47.0 Å². The van der Waals surface area contributed by atoms with E-state index in [2.05, 4.69) is 164 Å². The van der Waals surface area contributed by atoms with Gasteiger partial charge in [0.05, 0.1) is 57.2 Å². The molecule has 3 N–H and O–H groups in total. The van der Waals surface area contributed by atoms with Gasteiger partial charge in [-0.3, -0.25) is 4.99 Å². The molecule has 4 aliphatic carbocycles. The van der Waals surface area contributed by atoms with E-state index in [-0.39, 0.29) is 6.10 Å². The second-order valence-corrected chi connectivity index (χ2v) is 19.8. The van der Waals surface area contributed by atoms with E-state index in [1.165, 1.54) is 53.1 Å². The van der Waals surface area contributed by atoms with Crippen molar-refractivity contribution >= 4 is 58.9 Å². The molecular formula is C83H161N5O3S4. The standard InChI is InChI=1S/C8H7N.C8H9N.C8H8O.C8H8S.C7H8N2.C4H9NS.C4H8O2.C4H8S2.16C2H6/c1-2-6-9-7-3-5-8(9)4-1;3*1-2-4-8-7(3-1)5-6-9-8;1-2-4-7-6(3-1)8-5-9-7;1-3-6-4-2-5-1;2*1-2-6-4-3-5-1;16*1-2/h1-7H;1-9H;2*1-8H;1-7H,(H,8,9);5H,1-4H2;2*1-4H2;16*1-2H3. The molecule has 0 spiro atoms. The molecule has 8 unspecified atom stereocenters. The highest BCUT2D eigenvalue weighted by molar-refractivity contribution is 8.06. The molecule has 8 atom stereocenters. The summed E-state index contributed by atoms with van der Waals surface area (Å²) in [5, 5.41) is 12.5. The van der Waals surface area contributed by atoms with Crippen LogP contribution in [0.2, 0.25) is 0 Å². The van der Waals surface area contributed by atoms with Crippen molar-refractivity contribution in [3.63, 3.8) is 0 Å². The van der Waals surface area contributed by atoms with Crippen molar-refractivity contribution < 1.29 is 14.2 Å². The van der Waals surface area contributed by atoms with E-state index in [4.69, 9.17) is 14.2 Å². The minimum Gasteiger partial charge on any atom is -0.493 e. The summed E-state index contributed by atoms with van der Waals surface area (Å²) in [4.78, 5) is 4.18. The predicted octanol–water partition coefficient (Wildman–Crippen LogP) is 25.9. The molecule has 2 aromatic rings. The Morgan fingerprint density at radius 1 is 0.389 bits per heavy atom. The van der Waals surface area contributed by atoms with E-state index in [0.29, 0.717) is 41.1 Å². The number of hydrogen-bond acceptors (Lipinski definition) is 11. The topological polar surface area (TPSA) is 80.5 Å². The largest absolute Gasteiger partial charge is 0.493 e. The second kappa shape index (κ2) is 114. The summed E-state index contributed by atoms with van der Waals surface area (Å²) in [6.07, 6.45) is 50.4. The van der Waals surface area contributed by atoms with Gasteiger partial charge in [0.1, 0.15) is 6.10 Å². The predicted molar refractivity (Wildman–Crippen MR) is 459 cm³/mol. The highest BCUT2D eigenvalue weighted by atomic mass is 32.2. The number of allylic oxidation sites excluding steroid dienone is 10. The van der Waals surface area contributed by atoms with Crippen molar-refractivity contribution in [3.05, 3.63) is 176 Å². The monoisotopic (exact) mass is 1400 g/mol. The average molecular weight is 1410 g/mol. The van der Waals surface area contributed by atoms with Crippen LogP contribution in [0.1, 0.15) is 222 Å². The first-order chi connectivity index (χ1) is 47.3. The summed E-state index contributed by atoms with van der Waals surface area (Å²) in [7, 11) is 0. The van der Waals surface area contributed by atoms with Gasteiger partial charge in [0, 0.05) is 88.5 Å². The van der Waals surface area contributed by atoms with Crippen LogP contribution in [0.3, 0.4) is 0 Å². The van der Waals surface area contributed by atoms with E-state index in [1.54, 1.807) is 12.6 Å². The molecule has 560 valence electrons. The molecule has 11 aliphatic rings. The normalized spacial score (nSPS) is 20.4. The zero-order chi connectivity index (χ0) is 75.3. The van der Waals surface area contributed by atoms with E-state index >= 15 is 0 Å². The lowest BCUT2D eigenvalue weighted by atomic mass is 9.98. The highest BCUT2D eigenvalue weighted by Gasteiger charge is 2.21. The van der Waals surface area contributed by atoms with Crippen LogP contribution in [0.15, 0.2) is 181 Å². The lowest BCUT2D eigenvalue weighted by Gasteiger charge is -2.14. The fourth-order valence-corrected chi connectivity index (χ4v) is 11.1. The minimum absolute atomic E-state index is 0.287. The van der Waals surface area contributed by atoms with E-state index < -0.39 is 0 Å². The SMILES string of the molecule is C1=CC2C=CNC2C=C1.C1=CC2C=COC2C=C1.C1=CC2C=CSC2C=C1.C1=CC2N=CNC2C=C1.C1COCCO1.C1CSCCN1.C1CSCCS1.CC.CC.CC.CC.CC.CC.CC.CC.CC.CC.CC.CC.CC.CC.CC.CC.c1ccn2cccc2c1. The van der Waals surface area contributed by atoms with Gasteiger partial charge < -0.3 is 34.6 Å². The van der Waals surface area contributed by atoms with Gasteiger partial charge in [-0.25, -0.2) is 0 Å². The molecular weight excluding hydrogens is 1240 g/mol. The maximum Gasteiger partial charge on any atom is 0.126 e. The van der Waals surface area contributed by atoms with Crippen molar-refractivity contribution in [2.24, 2.45) is 22.7 Å². The molecule has 0 radical (unpaired) electrons. The molecule has 12 heteroatoms. The minimum atomic E-state index is 0.287. The van der Waals surface area contributed by atoms with Crippen LogP contribution in [0, 0.1) is 17.8 Å². The molecule has 0 bridgehead atoms. The molecule has 0 amide bonds. The van der Waals surface area contributed by atoms with Crippen LogP contribution < -0.4 is 16.0 Å². The second-order valence-electron chi connectivity index (χ2n) is 15.0. The maximum atomic E-state index is 5.24. The Labute approximate surface area is 613 Å². The number of rotatable bonds is 0. The van der Waals surface area contributed by atoms with Gasteiger partial charge in [-0.2, -0.15) is 35.3 Å². The van der Waals surface area contributed by atoms with Crippen molar-refractivity contribution in [2.45, 2.75) is 251 Å². The Morgan fingerprint density at radius 3 is 1.23 bits per heavy atom. The molecule has 2 aromatic heterocycles. The molecule has 3 saturated heterocycles. The number of aromatic nitrogens is 1. The first kappa shape index (κ1) is 115. The van der Waals surface area contributed by atoms with E-state index in [0.717, 1.165) is 26.4 Å². The molecule has 9 heterocycles. The Hall–Kier alpha value is -3.75. The Bertz CT molecular complexity index is 1690. The van der Waals surface area contributed by atoms with Gasteiger partial charge in [-0.05, 0) is 48.0 Å². The first-order valence-electron chi connectivity index (χ1n) is 38.2. The Balaban J connectivity index is -0.0000000892. The van der Waals surface area contributed by atoms with E-state index in [1.807, 2.05) is 300 Å². The van der Waals surface area contributed by atoms with Crippen LogP contribution in [-0.4, -0.2) is 114 Å². The molecule has 95 heavy (non-hydrogen) atoms. The number of thioether (sulfide) groups is 4. The summed E-state index contributed by atoms with van der Waals surface area (Å²) >= 11 is 8.09. The molecule has 0 saturated carbocycles. The molecule has 0 aromatic carbocycles. The third-order valence-corrected chi connectivity index (χ3v) is 15.1. The highest BCUT2D eigenvalue weighted by Crippen LogP contribution is 2.33. The van der Waals surface area contributed by atoms with Gasteiger partial charge in [0.2, 0.25) is 0 Å². The van der Waals surface area contributed by atoms with Crippen LogP contribution in [0.25, 0.3) is 5.52 Å². The zero-order valence-electron chi connectivity index (χ0n) is 68.2. The Morgan fingerprint density at radius 2 is 0.811 bits per heavy atom. The third kappa shape index (κ3) is 71.4. The molecule has 13 rings (SSSR count). The molecule has 8 nitrogen and oxygen atoms in total. The van der Waals surface area contributed by atoms with Crippen molar-refractivity contribution in [3.8, 4) is 0 Å². The summed E-state index contributed by atoms with van der Waals surface area (Å²) < 4.78 is 17.2. The van der Waals surface area contributed by atoms with Crippen LogP contribution in [-0.2, 0) is 14.2 Å². The zero-order valence-corrected chi connectivity index (χ0v) is 71.4. The smallest absolute Gasteiger partial charge is 0.126 e. The quantitative estimate of drug-likeness (QED) is 0.237. The Kier molecular flexibility index (Phi) is 139. The fourth-order valence-electron chi connectivity index (χ4n) is 7.02. The fraction of sp³-hybridized carbons (Fsp3) is 0.627. The van der Waals surface area contributed by atoms with Gasteiger partial charge >= 0.3 is 0 Å². The van der Waals surface area contributed by atoms with Crippen LogP contribution in [0.5, 0.6) is 0 Å². The average Bonchev–Trinajstić information content (AvgIpc) is 2.84. The number of aliphatic imine (C=N–C) groups is 1. The van der Waals surface area contributed by atoms with Gasteiger partial charge in [-0.1, -0.05) is 331 Å². The number of nitrogens with one attached hydrogen (secondary N) is 3. The number of ether oxygens (including phenoxy) is 3. The number of pyridine rings is 1.